The van der Waals surface area contributed by atoms with Gasteiger partial charge in [-0.2, -0.15) is 0 Å². The zero-order valence-electron chi connectivity index (χ0n) is 15.3. The minimum atomic E-state index is -0.0646. The molecular weight excluding hydrogens is 368 g/mol. The number of aryl methyl sites for hydroxylation is 1. The number of hydrogen-bond acceptors (Lipinski definition) is 4. The third-order valence-electron chi connectivity index (χ3n) is 4.84. The zero-order chi connectivity index (χ0) is 18.5. The summed E-state index contributed by atoms with van der Waals surface area (Å²) in [5.74, 6) is 1.83. The highest BCUT2D eigenvalue weighted by Crippen LogP contribution is 2.33. The number of halogens is 1. The molecule has 0 spiro atoms. The van der Waals surface area contributed by atoms with Crippen molar-refractivity contribution in [3.8, 4) is 0 Å². The van der Waals surface area contributed by atoms with Crippen LogP contribution in [0, 0.1) is 6.92 Å². The highest BCUT2D eigenvalue weighted by atomic mass is 35.5. The van der Waals surface area contributed by atoms with Crippen LogP contribution in [0.4, 0.5) is 5.69 Å². The van der Waals surface area contributed by atoms with Gasteiger partial charge in [0.2, 0.25) is 5.91 Å². The lowest BCUT2D eigenvalue weighted by Crippen LogP contribution is -2.16. The topological polar surface area (TPSA) is 59.8 Å². The van der Waals surface area contributed by atoms with Crippen molar-refractivity contribution >= 4 is 35.0 Å². The van der Waals surface area contributed by atoms with Crippen molar-refractivity contribution < 1.29 is 4.79 Å². The number of rotatable bonds is 6. The number of carbonyl (C=O) groups is 1. The molecule has 0 unspecified atom stereocenters. The maximum Gasteiger partial charge on any atom is 0.234 e. The van der Waals surface area contributed by atoms with E-state index in [4.69, 9.17) is 11.6 Å². The maximum absolute atomic E-state index is 12.3. The van der Waals surface area contributed by atoms with Crippen molar-refractivity contribution in [3.05, 3.63) is 34.6 Å². The number of nitrogens with one attached hydrogen (secondary N) is 1. The predicted octanol–water partition coefficient (Wildman–Crippen LogP) is 5.04. The highest BCUT2D eigenvalue weighted by molar-refractivity contribution is 7.99. The molecule has 1 aliphatic carbocycles. The quantitative estimate of drug-likeness (QED) is 0.699. The summed E-state index contributed by atoms with van der Waals surface area (Å²) in [5.41, 5.74) is 1.74. The Morgan fingerprint density at radius 3 is 2.81 bits per heavy atom. The van der Waals surface area contributed by atoms with Crippen molar-refractivity contribution in [1.82, 2.24) is 14.8 Å². The number of hydrogen-bond donors (Lipinski definition) is 1. The lowest BCUT2D eigenvalue weighted by molar-refractivity contribution is -0.113. The van der Waals surface area contributed by atoms with Gasteiger partial charge in [0.05, 0.1) is 5.75 Å². The molecule has 0 atom stereocenters. The fourth-order valence-electron chi connectivity index (χ4n) is 3.41. The van der Waals surface area contributed by atoms with Crippen LogP contribution in [0.3, 0.4) is 0 Å². The number of aromatic nitrogens is 3. The summed E-state index contributed by atoms with van der Waals surface area (Å²) in [6.07, 6.45) is 6.24. The predicted molar refractivity (Wildman–Crippen MR) is 107 cm³/mol. The largest absolute Gasteiger partial charge is 0.325 e. The van der Waals surface area contributed by atoms with Crippen molar-refractivity contribution in [2.75, 3.05) is 11.1 Å². The Morgan fingerprint density at radius 2 is 2.08 bits per heavy atom. The van der Waals surface area contributed by atoms with Gasteiger partial charge in [0.15, 0.2) is 5.16 Å². The van der Waals surface area contributed by atoms with E-state index in [9.17, 15) is 4.79 Å². The molecule has 1 aromatic carbocycles. The van der Waals surface area contributed by atoms with Crippen molar-refractivity contribution in [2.24, 2.45) is 0 Å². The molecule has 26 heavy (non-hydrogen) atoms. The van der Waals surface area contributed by atoms with Crippen LogP contribution in [0.15, 0.2) is 23.4 Å². The lowest BCUT2D eigenvalue weighted by Gasteiger charge is -2.21. The molecule has 5 nitrogen and oxygen atoms in total. The summed E-state index contributed by atoms with van der Waals surface area (Å²) in [4.78, 5) is 12.3. The summed E-state index contributed by atoms with van der Waals surface area (Å²) < 4.78 is 2.17. The minimum absolute atomic E-state index is 0.0646. The summed E-state index contributed by atoms with van der Waals surface area (Å²) in [6.45, 7) is 4.88. The van der Waals surface area contributed by atoms with Gasteiger partial charge in [-0.3, -0.25) is 4.79 Å². The van der Waals surface area contributed by atoms with Crippen LogP contribution in [0.25, 0.3) is 0 Å². The number of thioether (sulfide) groups is 1. The average Bonchev–Trinajstić information content (AvgIpc) is 3.06. The number of nitrogens with zero attached hydrogens (tertiary/aromatic N) is 3. The SMILES string of the molecule is CCn1c(SCC(=O)Nc2cc(Cl)ccc2C)nnc1C1CCCCC1. The highest BCUT2D eigenvalue weighted by Gasteiger charge is 2.23. The fraction of sp³-hybridized carbons (Fsp3) is 0.526. The van der Waals surface area contributed by atoms with Crippen molar-refractivity contribution in [1.29, 1.82) is 0 Å². The Bertz CT molecular complexity index is 771. The van der Waals surface area contributed by atoms with E-state index in [-0.39, 0.29) is 5.91 Å². The van der Waals surface area contributed by atoms with E-state index < -0.39 is 0 Å². The Hall–Kier alpha value is -1.53. The Morgan fingerprint density at radius 1 is 1.31 bits per heavy atom. The van der Waals surface area contributed by atoms with E-state index in [1.165, 1.54) is 43.9 Å². The zero-order valence-corrected chi connectivity index (χ0v) is 16.9. The van der Waals surface area contributed by atoms with E-state index >= 15 is 0 Å². The van der Waals surface area contributed by atoms with Crippen LogP contribution < -0.4 is 5.32 Å². The van der Waals surface area contributed by atoms with Gasteiger partial charge in [0, 0.05) is 23.2 Å². The molecule has 1 N–H and O–H groups in total. The first-order valence-electron chi connectivity index (χ1n) is 9.20. The summed E-state index contributed by atoms with van der Waals surface area (Å²) in [5, 5.41) is 13.2. The fourth-order valence-corrected chi connectivity index (χ4v) is 4.39. The van der Waals surface area contributed by atoms with Gasteiger partial charge in [-0.25, -0.2) is 0 Å². The molecule has 3 rings (SSSR count). The molecule has 0 bridgehead atoms. The van der Waals surface area contributed by atoms with E-state index in [0.717, 1.165) is 28.8 Å². The van der Waals surface area contributed by atoms with E-state index in [1.807, 2.05) is 19.1 Å². The smallest absolute Gasteiger partial charge is 0.234 e. The standard InChI is InChI=1S/C19H25ClN4OS/c1-3-24-18(14-7-5-4-6-8-14)22-23-19(24)26-12-17(25)21-16-11-15(20)10-9-13(16)2/h9-11,14H,3-8,12H2,1-2H3,(H,21,25). The van der Waals surface area contributed by atoms with Crippen LogP contribution in [-0.4, -0.2) is 26.4 Å². The molecule has 0 radical (unpaired) electrons. The molecule has 1 saturated carbocycles. The third-order valence-corrected chi connectivity index (χ3v) is 6.04. The van der Waals surface area contributed by atoms with Crippen LogP contribution >= 0.6 is 23.4 Å². The second-order valence-corrected chi connectivity index (χ2v) is 8.09. The number of amides is 1. The number of anilines is 1. The van der Waals surface area contributed by atoms with Gasteiger partial charge in [-0.05, 0) is 44.4 Å². The van der Waals surface area contributed by atoms with E-state index in [1.54, 1.807) is 6.07 Å². The minimum Gasteiger partial charge on any atom is -0.325 e. The van der Waals surface area contributed by atoms with Gasteiger partial charge in [-0.15, -0.1) is 10.2 Å². The lowest BCUT2D eigenvalue weighted by atomic mass is 9.89. The molecular formula is C19H25ClN4OS. The first kappa shape index (κ1) is 19.2. The Kier molecular flexibility index (Phi) is 6.59. The molecule has 1 heterocycles. The normalized spacial score (nSPS) is 15.2. The first-order valence-corrected chi connectivity index (χ1v) is 10.6. The van der Waals surface area contributed by atoms with Crippen LogP contribution in [0.2, 0.25) is 5.02 Å². The number of benzene rings is 1. The molecule has 1 aromatic heterocycles. The molecule has 2 aromatic rings. The summed E-state index contributed by atoms with van der Waals surface area (Å²) in [6, 6.07) is 5.49. The molecule has 1 aliphatic rings. The second kappa shape index (κ2) is 8.91. The average molecular weight is 393 g/mol. The van der Waals surface area contributed by atoms with Crippen molar-refractivity contribution in [3.63, 3.8) is 0 Å². The molecule has 0 saturated heterocycles. The maximum atomic E-state index is 12.3. The van der Waals surface area contributed by atoms with E-state index in [2.05, 4.69) is 27.0 Å². The van der Waals surface area contributed by atoms with Gasteiger partial charge < -0.3 is 9.88 Å². The molecule has 1 fully saturated rings. The summed E-state index contributed by atoms with van der Waals surface area (Å²) in [7, 11) is 0. The van der Waals surface area contributed by atoms with Gasteiger partial charge >= 0.3 is 0 Å². The van der Waals surface area contributed by atoms with Crippen LogP contribution in [-0.2, 0) is 11.3 Å². The summed E-state index contributed by atoms with van der Waals surface area (Å²) >= 11 is 7.45. The third kappa shape index (κ3) is 4.60. The second-order valence-electron chi connectivity index (χ2n) is 6.72. The number of carbonyl (C=O) groups excluding carboxylic acids is 1. The molecule has 140 valence electrons. The van der Waals surface area contributed by atoms with E-state index in [0.29, 0.717) is 16.7 Å². The first-order chi connectivity index (χ1) is 12.6. The van der Waals surface area contributed by atoms with Gasteiger partial charge in [-0.1, -0.05) is 48.7 Å². The van der Waals surface area contributed by atoms with Crippen LogP contribution in [0.1, 0.15) is 56.3 Å². The molecule has 0 aliphatic heterocycles. The Labute approximate surface area is 163 Å². The van der Waals surface area contributed by atoms with Gasteiger partial charge in [0.1, 0.15) is 5.82 Å². The Balaban J connectivity index is 1.63. The monoisotopic (exact) mass is 392 g/mol. The van der Waals surface area contributed by atoms with Crippen LogP contribution in [0.5, 0.6) is 0 Å². The molecule has 1 amide bonds. The van der Waals surface area contributed by atoms with Crippen molar-refractivity contribution in [2.45, 2.75) is 63.6 Å². The molecule has 7 heteroatoms. The van der Waals surface area contributed by atoms with Gasteiger partial charge in [0.25, 0.3) is 0 Å².